The van der Waals surface area contributed by atoms with E-state index in [0.29, 0.717) is 18.8 Å². The first kappa shape index (κ1) is 25.1. The van der Waals surface area contributed by atoms with Crippen LogP contribution in [-0.4, -0.2) is 41.6 Å². The van der Waals surface area contributed by atoms with Gasteiger partial charge in [0.2, 0.25) is 0 Å². The van der Waals surface area contributed by atoms with Gasteiger partial charge in [0.05, 0.1) is 12.7 Å². The molecule has 1 aliphatic carbocycles. The van der Waals surface area contributed by atoms with Gasteiger partial charge in [-0.1, -0.05) is 54.6 Å². The van der Waals surface area contributed by atoms with Crippen LogP contribution in [-0.2, 0) is 14.9 Å². The monoisotopic (exact) mass is 480 g/mol. The second-order valence-corrected chi connectivity index (χ2v) is 9.47. The van der Waals surface area contributed by atoms with Crippen LogP contribution >= 0.6 is 0 Å². The van der Waals surface area contributed by atoms with Crippen LogP contribution in [0.15, 0.2) is 78.9 Å². The third kappa shape index (κ3) is 6.19. The average molecular weight is 481 g/mol. The largest absolute Gasteiger partial charge is 0.491 e. The van der Waals surface area contributed by atoms with Gasteiger partial charge in [0.25, 0.3) is 0 Å². The van der Waals surface area contributed by atoms with Gasteiger partial charge in [0.15, 0.2) is 0 Å². The van der Waals surface area contributed by atoms with Gasteiger partial charge in [-0.3, -0.25) is 4.79 Å². The van der Waals surface area contributed by atoms with Crippen LogP contribution in [0.4, 0.5) is 4.39 Å². The summed E-state index contributed by atoms with van der Waals surface area (Å²) < 4.78 is 25.5. The lowest BCUT2D eigenvalue weighted by Gasteiger charge is -2.38. The number of allylic oxidation sites excluding steroid dienone is 2. The number of hydrogen-bond acceptors (Lipinski definition) is 4. The molecule has 2 aromatic carbocycles. The Balaban J connectivity index is 1.46. The minimum Gasteiger partial charge on any atom is -0.491 e. The number of para-hydroxylation sites is 1. The summed E-state index contributed by atoms with van der Waals surface area (Å²) in [5.41, 5.74) is 0.860. The van der Waals surface area contributed by atoms with Gasteiger partial charge in [0.1, 0.15) is 24.3 Å². The maximum atomic E-state index is 13.6. The van der Waals surface area contributed by atoms with Crippen molar-refractivity contribution in [3.8, 4) is 5.75 Å². The van der Waals surface area contributed by atoms with Gasteiger partial charge in [-0.2, -0.15) is 0 Å². The third-order valence-electron chi connectivity index (χ3n) is 7.18. The number of ether oxygens (including phenoxy) is 2. The van der Waals surface area contributed by atoms with E-state index in [1.54, 1.807) is 6.08 Å². The molecule has 2 bridgehead atoms. The van der Waals surface area contributed by atoms with Crippen molar-refractivity contribution in [1.29, 1.82) is 0 Å². The zero-order valence-electron chi connectivity index (χ0n) is 19.8. The van der Waals surface area contributed by atoms with E-state index in [1.807, 2.05) is 42.5 Å². The molecule has 2 aromatic rings. The van der Waals surface area contributed by atoms with E-state index < -0.39 is 12.1 Å². The molecule has 1 heterocycles. The Morgan fingerprint density at radius 3 is 2.69 bits per heavy atom. The second kappa shape index (κ2) is 11.6. The summed E-state index contributed by atoms with van der Waals surface area (Å²) in [6.45, 7) is 0.751. The van der Waals surface area contributed by atoms with E-state index in [9.17, 15) is 14.3 Å². The highest BCUT2D eigenvalue weighted by Crippen LogP contribution is 2.57. The molecule has 0 unspecified atom stereocenters. The van der Waals surface area contributed by atoms with Crippen LogP contribution in [0.25, 0.3) is 0 Å². The van der Waals surface area contributed by atoms with Crippen LogP contribution in [0.3, 0.4) is 0 Å². The van der Waals surface area contributed by atoms with Crippen molar-refractivity contribution in [2.75, 3.05) is 13.2 Å². The summed E-state index contributed by atoms with van der Waals surface area (Å²) >= 11 is 0. The van der Waals surface area contributed by atoms with Crippen LogP contribution in [0.2, 0.25) is 0 Å². The first-order valence-corrected chi connectivity index (χ1v) is 12.3. The van der Waals surface area contributed by atoms with Crippen molar-refractivity contribution in [2.24, 2.45) is 11.8 Å². The number of carboxylic acids is 1. The van der Waals surface area contributed by atoms with E-state index >= 15 is 0 Å². The number of aliphatic hydroxyl groups excluding tert-OH is 1. The second-order valence-electron chi connectivity index (χ2n) is 9.47. The van der Waals surface area contributed by atoms with Crippen LogP contribution in [0, 0.1) is 17.7 Å². The van der Waals surface area contributed by atoms with Crippen molar-refractivity contribution in [1.82, 2.24) is 0 Å². The molecule has 0 amide bonds. The normalized spacial score (nSPS) is 26.5. The quantitative estimate of drug-likeness (QED) is 0.319. The Labute approximate surface area is 205 Å². The smallest absolute Gasteiger partial charge is 0.303 e. The highest BCUT2D eigenvalue weighted by Gasteiger charge is 2.58. The first-order chi connectivity index (χ1) is 17.0. The number of aliphatic carboxylic acids is 1. The molecular formula is C29H33FO5. The molecule has 35 heavy (non-hydrogen) atoms. The number of carbonyl (C=O) groups is 1. The molecule has 186 valence electrons. The fraction of sp³-hybridized carbons (Fsp3) is 0.414. The van der Waals surface area contributed by atoms with Gasteiger partial charge >= 0.3 is 5.97 Å². The van der Waals surface area contributed by atoms with E-state index in [1.165, 1.54) is 12.1 Å². The van der Waals surface area contributed by atoms with Gasteiger partial charge < -0.3 is 19.7 Å². The molecule has 5 atom stereocenters. The van der Waals surface area contributed by atoms with E-state index in [4.69, 9.17) is 14.6 Å². The van der Waals surface area contributed by atoms with Crippen molar-refractivity contribution >= 4 is 5.97 Å². The van der Waals surface area contributed by atoms with Gasteiger partial charge in [-0.05, 0) is 61.4 Å². The number of carboxylic acid groups (broad SMARTS) is 1. The molecule has 2 fully saturated rings. The van der Waals surface area contributed by atoms with Crippen molar-refractivity contribution in [3.05, 3.63) is 90.3 Å². The Kier molecular flexibility index (Phi) is 8.37. The summed E-state index contributed by atoms with van der Waals surface area (Å²) in [4.78, 5) is 10.7. The van der Waals surface area contributed by atoms with Gasteiger partial charge in [-0.25, -0.2) is 4.39 Å². The van der Waals surface area contributed by atoms with E-state index in [2.05, 4.69) is 18.2 Å². The zero-order chi connectivity index (χ0) is 24.7. The Bertz CT molecular complexity index is 1020. The zero-order valence-corrected chi connectivity index (χ0v) is 19.8. The summed E-state index contributed by atoms with van der Waals surface area (Å²) in [7, 11) is 0. The maximum absolute atomic E-state index is 13.6. The molecule has 2 aliphatic rings. The van der Waals surface area contributed by atoms with Crippen LogP contribution in [0.5, 0.6) is 5.75 Å². The molecule has 0 radical (unpaired) electrons. The third-order valence-corrected chi connectivity index (χ3v) is 7.18. The molecule has 1 saturated carbocycles. The SMILES string of the molecule is O=C(O)CCC/C=C\C[C@H]1[C@H](/C=C/[C@H](O)COc2ccccc2)[C@@H]2C[C@@]1(c1ccc(F)cc1)CO2. The Morgan fingerprint density at radius 2 is 1.94 bits per heavy atom. The molecule has 5 nitrogen and oxygen atoms in total. The standard InChI is InChI=1S/C29H33FO5/c30-22-14-12-21(13-15-22)29-18-27(35-20-29)25(26(29)10-6-1-2-7-11-28(32)33)17-16-23(31)19-34-24-8-4-3-5-9-24/h1,3-6,8-9,12-17,23,25-27,31H,2,7,10-11,18-20H2,(H,32,33)/b6-1-,17-16+/t23-,25-,26-,27-,29-/m0/s1. The highest BCUT2D eigenvalue weighted by atomic mass is 19.1. The van der Waals surface area contributed by atoms with Gasteiger partial charge in [-0.15, -0.1) is 0 Å². The first-order valence-electron chi connectivity index (χ1n) is 12.3. The lowest BCUT2D eigenvalue weighted by molar-refractivity contribution is -0.137. The predicted octanol–water partition coefficient (Wildman–Crippen LogP) is 5.30. The van der Waals surface area contributed by atoms with E-state index in [0.717, 1.165) is 24.8 Å². The number of halogens is 1. The number of aliphatic hydroxyl groups is 1. The predicted molar refractivity (Wildman–Crippen MR) is 132 cm³/mol. The number of rotatable bonds is 12. The lowest BCUT2D eigenvalue weighted by Crippen LogP contribution is -2.39. The molecule has 4 rings (SSSR count). The minimum absolute atomic E-state index is 0.0314. The molecule has 1 aliphatic heterocycles. The topological polar surface area (TPSA) is 76.0 Å². The fourth-order valence-electron chi connectivity index (χ4n) is 5.45. The Hall–Kier alpha value is -2.96. The van der Waals surface area contributed by atoms with Crippen LogP contribution < -0.4 is 4.74 Å². The summed E-state index contributed by atoms with van der Waals surface area (Å²) in [5, 5.41) is 19.3. The average Bonchev–Trinajstić information content (AvgIpc) is 3.42. The molecular weight excluding hydrogens is 447 g/mol. The number of fused-ring (bicyclic) bond motifs is 2. The fourth-order valence-corrected chi connectivity index (χ4v) is 5.45. The van der Waals surface area contributed by atoms with Crippen molar-refractivity contribution in [3.63, 3.8) is 0 Å². The molecule has 0 aromatic heterocycles. The molecule has 2 N–H and O–H groups in total. The summed E-state index contributed by atoms with van der Waals surface area (Å²) in [5.74, 6) is -0.000421. The highest BCUT2D eigenvalue weighted by molar-refractivity contribution is 5.66. The van der Waals surface area contributed by atoms with Crippen molar-refractivity contribution < 1.29 is 28.9 Å². The minimum atomic E-state index is -0.779. The molecule has 6 heteroatoms. The van der Waals surface area contributed by atoms with Crippen molar-refractivity contribution in [2.45, 2.75) is 49.7 Å². The summed E-state index contributed by atoms with van der Waals surface area (Å²) in [6.07, 6.45) is 10.5. The number of hydrogen-bond donors (Lipinski definition) is 2. The van der Waals surface area contributed by atoms with Crippen LogP contribution in [0.1, 0.15) is 37.7 Å². The number of unbranched alkanes of at least 4 members (excludes halogenated alkanes) is 1. The molecule has 1 saturated heterocycles. The van der Waals surface area contributed by atoms with E-state index in [-0.39, 0.29) is 42.2 Å². The maximum Gasteiger partial charge on any atom is 0.303 e. The molecule has 0 spiro atoms. The lowest BCUT2D eigenvalue weighted by atomic mass is 9.69. The Morgan fingerprint density at radius 1 is 1.17 bits per heavy atom. The number of benzene rings is 2. The summed E-state index contributed by atoms with van der Waals surface area (Å²) in [6, 6.07) is 16.1. The van der Waals surface area contributed by atoms with Gasteiger partial charge in [0, 0.05) is 17.8 Å².